The number of benzene rings is 1. The summed E-state index contributed by atoms with van der Waals surface area (Å²) in [5, 5.41) is 0. The van der Waals surface area contributed by atoms with E-state index in [2.05, 4.69) is 9.71 Å². The Bertz CT molecular complexity index is 819. The molecule has 0 radical (unpaired) electrons. The molecule has 2 aromatic rings. The normalized spacial score (nSPS) is 20.1. The zero-order valence-electron chi connectivity index (χ0n) is 13.0. The Morgan fingerprint density at radius 3 is 2.57 bits per heavy atom. The monoisotopic (exact) mass is 333 g/mol. The highest BCUT2D eigenvalue weighted by atomic mass is 32.2. The minimum Gasteiger partial charge on any atom is -0.496 e. The Balaban J connectivity index is 1.94. The number of nitrogens with zero attached hydrogens (tertiary/aromatic N) is 1. The highest BCUT2D eigenvalue weighted by Gasteiger charge is 2.34. The van der Waals surface area contributed by atoms with Crippen LogP contribution in [0, 0.1) is 0 Å². The first-order chi connectivity index (χ1) is 10.9. The van der Waals surface area contributed by atoms with Gasteiger partial charge in [-0.2, -0.15) is 0 Å². The number of hydrogen-bond acceptors (Lipinski definition) is 5. The number of aromatic nitrogens is 1. The van der Waals surface area contributed by atoms with Gasteiger partial charge in [0.05, 0.1) is 19.1 Å². The standard InChI is InChI=1S/C16H19N3O3S/c1-22-16-6-4-11(19-23(2,20)21)7-13(16)15-5-3-10(9-18-15)12-8-14(12)17/h3-7,9,12,14,19H,8,17H2,1-2H3. The summed E-state index contributed by atoms with van der Waals surface area (Å²) < 4.78 is 30.6. The molecule has 0 bridgehead atoms. The Morgan fingerprint density at radius 2 is 2.04 bits per heavy atom. The summed E-state index contributed by atoms with van der Waals surface area (Å²) in [7, 11) is -1.77. The number of nitrogens with two attached hydrogens (primary N) is 1. The Kier molecular flexibility index (Phi) is 3.99. The van der Waals surface area contributed by atoms with Crippen molar-refractivity contribution in [1.29, 1.82) is 0 Å². The van der Waals surface area contributed by atoms with Crippen molar-refractivity contribution >= 4 is 15.7 Å². The molecular formula is C16H19N3O3S. The van der Waals surface area contributed by atoms with Crippen molar-refractivity contribution in [3.63, 3.8) is 0 Å². The molecule has 1 saturated carbocycles. The molecule has 0 amide bonds. The van der Waals surface area contributed by atoms with Crippen molar-refractivity contribution in [3.05, 3.63) is 42.1 Å². The molecular weight excluding hydrogens is 314 g/mol. The average Bonchev–Trinajstić information content (AvgIpc) is 3.23. The lowest BCUT2D eigenvalue weighted by molar-refractivity contribution is 0.416. The second-order valence-electron chi connectivity index (χ2n) is 5.77. The largest absolute Gasteiger partial charge is 0.496 e. The third-order valence-corrected chi connectivity index (χ3v) is 4.44. The van der Waals surface area contributed by atoms with Crippen LogP contribution in [0.25, 0.3) is 11.3 Å². The predicted molar refractivity (Wildman–Crippen MR) is 90.0 cm³/mol. The van der Waals surface area contributed by atoms with Crippen molar-refractivity contribution in [2.24, 2.45) is 5.73 Å². The first kappa shape index (κ1) is 15.8. The fraction of sp³-hybridized carbons (Fsp3) is 0.312. The molecule has 0 spiro atoms. The van der Waals surface area contributed by atoms with Crippen LogP contribution in [0.4, 0.5) is 5.69 Å². The topological polar surface area (TPSA) is 94.3 Å². The molecule has 1 aliphatic carbocycles. The van der Waals surface area contributed by atoms with Crippen LogP contribution in [-0.2, 0) is 10.0 Å². The summed E-state index contributed by atoms with van der Waals surface area (Å²) in [6, 6.07) is 9.24. The van der Waals surface area contributed by atoms with Gasteiger partial charge < -0.3 is 10.5 Å². The van der Waals surface area contributed by atoms with E-state index in [-0.39, 0.29) is 6.04 Å². The van der Waals surface area contributed by atoms with E-state index in [1.165, 1.54) is 0 Å². The first-order valence-corrected chi connectivity index (χ1v) is 9.14. The summed E-state index contributed by atoms with van der Waals surface area (Å²) in [4.78, 5) is 4.48. The van der Waals surface area contributed by atoms with Crippen LogP contribution in [0.5, 0.6) is 5.75 Å². The van der Waals surface area contributed by atoms with E-state index in [0.29, 0.717) is 17.4 Å². The lowest BCUT2D eigenvalue weighted by Crippen LogP contribution is -2.09. The molecule has 3 N–H and O–H groups in total. The number of pyridine rings is 1. The maximum Gasteiger partial charge on any atom is 0.229 e. The minimum absolute atomic E-state index is 0.236. The third kappa shape index (κ3) is 3.62. The number of rotatable bonds is 5. The number of methoxy groups -OCH3 is 1. The maximum atomic E-state index is 11.4. The molecule has 2 unspecified atom stereocenters. The second-order valence-corrected chi connectivity index (χ2v) is 7.52. The maximum absolute atomic E-state index is 11.4. The quantitative estimate of drug-likeness (QED) is 0.872. The molecule has 1 aliphatic rings. The fourth-order valence-corrected chi connectivity index (χ4v) is 3.12. The van der Waals surface area contributed by atoms with E-state index >= 15 is 0 Å². The van der Waals surface area contributed by atoms with Crippen molar-refractivity contribution in [2.45, 2.75) is 18.4 Å². The van der Waals surface area contributed by atoms with Gasteiger partial charge in [0.25, 0.3) is 0 Å². The van der Waals surface area contributed by atoms with Gasteiger partial charge in [-0.15, -0.1) is 0 Å². The van der Waals surface area contributed by atoms with Gasteiger partial charge in [0.15, 0.2) is 0 Å². The molecule has 1 aromatic carbocycles. The molecule has 23 heavy (non-hydrogen) atoms. The summed E-state index contributed by atoms with van der Waals surface area (Å²) in [5.74, 6) is 1.03. The molecule has 0 aliphatic heterocycles. The molecule has 122 valence electrons. The molecule has 1 fully saturated rings. The zero-order valence-corrected chi connectivity index (χ0v) is 13.8. The number of nitrogens with one attached hydrogen (secondary N) is 1. The Hall–Kier alpha value is -2.12. The van der Waals surface area contributed by atoms with E-state index in [9.17, 15) is 8.42 Å². The Morgan fingerprint density at radius 1 is 1.30 bits per heavy atom. The predicted octanol–water partition coefficient (Wildman–Crippen LogP) is 1.94. The van der Waals surface area contributed by atoms with Gasteiger partial charge in [-0.05, 0) is 36.2 Å². The van der Waals surface area contributed by atoms with E-state index in [4.69, 9.17) is 10.5 Å². The van der Waals surface area contributed by atoms with Crippen LogP contribution in [0.3, 0.4) is 0 Å². The highest BCUT2D eigenvalue weighted by Crippen LogP contribution is 2.39. The van der Waals surface area contributed by atoms with Crippen LogP contribution in [0.1, 0.15) is 17.9 Å². The van der Waals surface area contributed by atoms with E-state index in [1.54, 1.807) is 25.3 Å². The van der Waals surface area contributed by atoms with Crippen LogP contribution in [0.2, 0.25) is 0 Å². The molecule has 0 saturated heterocycles. The van der Waals surface area contributed by atoms with Gasteiger partial charge in [0.1, 0.15) is 5.75 Å². The highest BCUT2D eigenvalue weighted by molar-refractivity contribution is 7.92. The summed E-state index contributed by atoms with van der Waals surface area (Å²) in [6.45, 7) is 0. The molecule has 1 aromatic heterocycles. The van der Waals surface area contributed by atoms with E-state index in [0.717, 1.165) is 29.5 Å². The van der Waals surface area contributed by atoms with Crippen molar-refractivity contribution < 1.29 is 13.2 Å². The Labute approximate surface area is 135 Å². The fourth-order valence-electron chi connectivity index (χ4n) is 2.57. The van der Waals surface area contributed by atoms with Crippen molar-refractivity contribution in [1.82, 2.24) is 4.98 Å². The van der Waals surface area contributed by atoms with Gasteiger partial charge in [0, 0.05) is 29.4 Å². The summed E-state index contributed by atoms with van der Waals surface area (Å²) >= 11 is 0. The van der Waals surface area contributed by atoms with Crippen LogP contribution < -0.4 is 15.2 Å². The van der Waals surface area contributed by atoms with E-state index < -0.39 is 10.0 Å². The first-order valence-electron chi connectivity index (χ1n) is 7.25. The number of hydrogen-bond donors (Lipinski definition) is 2. The van der Waals surface area contributed by atoms with Crippen LogP contribution >= 0.6 is 0 Å². The van der Waals surface area contributed by atoms with Gasteiger partial charge in [-0.3, -0.25) is 9.71 Å². The van der Waals surface area contributed by atoms with Gasteiger partial charge in [-0.25, -0.2) is 8.42 Å². The molecule has 7 heteroatoms. The average molecular weight is 333 g/mol. The zero-order chi connectivity index (χ0) is 16.6. The minimum atomic E-state index is -3.34. The van der Waals surface area contributed by atoms with E-state index in [1.807, 2.05) is 18.3 Å². The lowest BCUT2D eigenvalue weighted by atomic mass is 10.1. The van der Waals surface area contributed by atoms with Crippen LogP contribution in [-0.4, -0.2) is 32.8 Å². The molecule has 1 heterocycles. The number of sulfonamides is 1. The van der Waals surface area contributed by atoms with Crippen molar-refractivity contribution in [2.75, 3.05) is 18.1 Å². The number of anilines is 1. The number of ether oxygens (including phenoxy) is 1. The molecule has 6 nitrogen and oxygen atoms in total. The SMILES string of the molecule is COc1ccc(NS(C)(=O)=O)cc1-c1ccc(C2CC2N)cn1. The summed E-state index contributed by atoms with van der Waals surface area (Å²) in [5.41, 5.74) is 8.91. The lowest BCUT2D eigenvalue weighted by Gasteiger charge is -2.11. The van der Waals surface area contributed by atoms with Gasteiger partial charge in [-0.1, -0.05) is 6.07 Å². The summed E-state index contributed by atoms with van der Waals surface area (Å²) in [6.07, 6.45) is 3.93. The van der Waals surface area contributed by atoms with Crippen LogP contribution in [0.15, 0.2) is 36.5 Å². The molecule has 3 rings (SSSR count). The smallest absolute Gasteiger partial charge is 0.229 e. The second kappa shape index (κ2) is 5.82. The third-order valence-electron chi connectivity index (χ3n) is 3.83. The van der Waals surface area contributed by atoms with Gasteiger partial charge >= 0.3 is 0 Å². The van der Waals surface area contributed by atoms with Gasteiger partial charge in [0.2, 0.25) is 10.0 Å². The molecule has 2 atom stereocenters. The van der Waals surface area contributed by atoms with Crippen molar-refractivity contribution in [3.8, 4) is 17.0 Å².